The molecule has 1 saturated carbocycles. The van der Waals surface area contributed by atoms with Gasteiger partial charge in [0.15, 0.2) is 0 Å². The van der Waals surface area contributed by atoms with Crippen LogP contribution in [0.4, 0.5) is 5.69 Å². The van der Waals surface area contributed by atoms with Crippen LogP contribution in [0.15, 0.2) is 24.3 Å². The minimum absolute atomic E-state index is 0.784. The molecule has 110 valence electrons. The third-order valence-electron chi connectivity index (χ3n) is 4.52. The van der Waals surface area contributed by atoms with Gasteiger partial charge in [-0.2, -0.15) is 0 Å². The molecule has 2 aliphatic rings. The van der Waals surface area contributed by atoms with Gasteiger partial charge in [-0.3, -0.25) is 4.98 Å². The highest BCUT2D eigenvalue weighted by Gasteiger charge is 2.22. The highest BCUT2D eigenvalue weighted by molar-refractivity contribution is 5.93. The molecule has 0 N–H and O–H groups in total. The highest BCUT2D eigenvalue weighted by atomic mass is 16.5. The van der Waals surface area contributed by atoms with E-state index in [2.05, 4.69) is 36.1 Å². The van der Waals surface area contributed by atoms with Gasteiger partial charge >= 0.3 is 0 Å². The van der Waals surface area contributed by atoms with Crippen molar-refractivity contribution < 1.29 is 4.74 Å². The van der Waals surface area contributed by atoms with Crippen LogP contribution in [0.25, 0.3) is 10.9 Å². The van der Waals surface area contributed by atoms with E-state index >= 15 is 0 Å². The van der Waals surface area contributed by atoms with Crippen molar-refractivity contribution in [3.05, 3.63) is 30.0 Å². The average molecular weight is 282 g/mol. The smallest absolute Gasteiger partial charge is 0.121 e. The molecule has 0 unspecified atom stereocenters. The second kappa shape index (κ2) is 5.21. The number of aromatic nitrogens is 1. The Hall–Kier alpha value is -1.77. The molecule has 1 saturated heterocycles. The van der Waals surface area contributed by atoms with E-state index < -0.39 is 0 Å². The van der Waals surface area contributed by atoms with Crippen molar-refractivity contribution in [1.82, 2.24) is 4.98 Å². The lowest BCUT2D eigenvalue weighted by molar-refractivity contribution is 0.300. The van der Waals surface area contributed by atoms with E-state index in [0.29, 0.717) is 0 Å². The predicted octanol–water partition coefficient (Wildman–Crippen LogP) is 3.93. The first-order chi connectivity index (χ1) is 10.3. The van der Waals surface area contributed by atoms with E-state index in [4.69, 9.17) is 9.72 Å². The second-order valence-corrected chi connectivity index (χ2v) is 6.41. The summed E-state index contributed by atoms with van der Waals surface area (Å²) in [6, 6.07) is 8.60. The Balaban J connectivity index is 1.69. The molecule has 1 aromatic heterocycles. The van der Waals surface area contributed by atoms with Gasteiger partial charge in [-0.05, 0) is 56.7 Å². The van der Waals surface area contributed by atoms with Crippen LogP contribution in [0.3, 0.4) is 0 Å². The summed E-state index contributed by atoms with van der Waals surface area (Å²) in [7, 11) is 0. The van der Waals surface area contributed by atoms with Crippen LogP contribution in [-0.2, 0) is 0 Å². The van der Waals surface area contributed by atoms with E-state index in [0.717, 1.165) is 29.5 Å². The van der Waals surface area contributed by atoms with Crippen LogP contribution in [0, 0.1) is 12.8 Å². The van der Waals surface area contributed by atoms with Gasteiger partial charge in [0, 0.05) is 35.9 Å². The topological polar surface area (TPSA) is 25.4 Å². The van der Waals surface area contributed by atoms with Crippen molar-refractivity contribution in [2.75, 3.05) is 24.6 Å². The van der Waals surface area contributed by atoms with Gasteiger partial charge in [0.1, 0.15) is 5.75 Å². The Bertz CT molecular complexity index is 658. The number of rotatable bonds is 4. The van der Waals surface area contributed by atoms with Crippen molar-refractivity contribution in [3.8, 4) is 5.75 Å². The van der Waals surface area contributed by atoms with Crippen molar-refractivity contribution in [2.24, 2.45) is 5.92 Å². The summed E-state index contributed by atoms with van der Waals surface area (Å²) >= 11 is 0. The molecule has 3 heteroatoms. The summed E-state index contributed by atoms with van der Waals surface area (Å²) in [6.07, 6.45) is 5.24. The van der Waals surface area contributed by atoms with Crippen LogP contribution in [0.5, 0.6) is 5.75 Å². The average Bonchev–Trinajstić information content (AvgIpc) is 3.15. The summed E-state index contributed by atoms with van der Waals surface area (Å²) in [5.41, 5.74) is 3.48. The molecule has 1 aliphatic heterocycles. The maximum atomic E-state index is 5.89. The number of anilines is 1. The van der Waals surface area contributed by atoms with Gasteiger partial charge < -0.3 is 9.64 Å². The van der Waals surface area contributed by atoms with E-state index in [1.54, 1.807) is 0 Å². The number of nitrogens with zero attached hydrogens (tertiary/aromatic N) is 2. The van der Waals surface area contributed by atoms with E-state index in [9.17, 15) is 0 Å². The van der Waals surface area contributed by atoms with Crippen LogP contribution in [0.1, 0.15) is 31.4 Å². The Labute approximate surface area is 125 Å². The first kappa shape index (κ1) is 12.9. The van der Waals surface area contributed by atoms with E-state index in [-0.39, 0.29) is 0 Å². The van der Waals surface area contributed by atoms with Crippen LogP contribution in [-0.4, -0.2) is 24.7 Å². The molecule has 21 heavy (non-hydrogen) atoms. The first-order valence-electron chi connectivity index (χ1n) is 8.09. The minimum Gasteiger partial charge on any atom is -0.493 e. The van der Waals surface area contributed by atoms with E-state index in [1.807, 2.05) is 0 Å². The van der Waals surface area contributed by atoms with Crippen molar-refractivity contribution in [2.45, 2.75) is 32.6 Å². The first-order valence-corrected chi connectivity index (χ1v) is 8.09. The molecular weight excluding hydrogens is 260 g/mol. The fraction of sp³-hybridized carbons (Fsp3) is 0.500. The van der Waals surface area contributed by atoms with Crippen LogP contribution >= 0.6 is 0 Å². The summed E-state index contributed by atoms with van der Waals surface area (Å²) in [5, 5.41) is 1.25. The fourth-order valence-electron chi connectivity index (χ4n) is 3.13. The Morgan fingerprint density at radius 3 is 2.76 bits per heavy atom. The lowest BCUT2D eigenvalue weighted by Gasteiger charge is -2.20. The highest BCUT2D eigenvalue weighted by Crippen LogP contribution is 2.33. The zero-order valence-electron chi connectivity index (χ0n) is 12.6. The summed E-state index contributed by atoms with van der Waals surface area (Å²) in [6.45, 7) is 5.27. The van der Waals surface area contributed by atoms with Gasteiger partial charge in [-0.25, -0.2) is 0 Å². The summed E-state index contributed by atoms with van der Waals surface area (Å²) in [5.74, 6) is 1.74. The molecule has 0 atom stereocenters. The minimum atomic E-state index is 0.784. The lowest BCUT2D eigenvalue weighted by Crippen LogP contribution is -2.18. The third-order valence-corrected chi connectivity index (χ3v) is 4.52. The van der Waals surface area contributed by atoms with E-state index in [1.165, 1.54) is 49.8 Å². The standard InChI is InChI=1S/C18H22N2O/c1-13-10-18(20-8-2-3-9-20)16-7-6-15(11-17(16)19-13)21-12-14-4-5-14/h6-7,10-11,14H,2-5,8-9,12H2,1H3. The van der Waals surface area contributed by atoms with Gasteiger partial charge in [0.2, 0.25) is 0 Å². The normalized spacial score (nSPS) is 18.4. The molecule has 1 aliphatic carbocycles. The molecule has 0 radical (unpaired) electrons. The van der Waals surface area contributed by atoms with Crippen LogP contribution < -0.4 is 9.64 Å². The molecule has 3 nitrogen and oxygen atoms in total. The molecule has 4 rings (SSSR count). The van der Waals surface area contributed by atoms with Gasteiger partial charge in [0.25, 0.3) is 0 Å². The number of pyridine rings is 1. The Morgan fingerprint density at radius 2 is 2.00 bits per heavy atom. The summed E-state index contributed by atoms with van der Waals surface area (Å²) < 4.78 is 5.89. The van der Waals surface area contributed by atoms with Gasteiger partial charge in [0.05, 0.1) is 12.1 Å². The van der Waals surface area contributed by atoms with Crippen molar-refractivity contribution >= 4 is 16.6 Å². The number of hydrogen-bond acceptors (Lipinski definition) is 3. The molecule has 0 bridgehead atoms. The Morgan fingerprint density at radius 1 is 1.19 bits per heavy atom. The zero-order valence-corrected chi connectivity index (χ0v) is 12.6. The fourth-order valence-corrected chi connectivity index (χ4v) is 3.13. The Kier molecular flexibility index (Phi) is 3.21. The summed E-state index contributed by atoms with van der Waals surface area (Å²) in [4.78, 5) is 7.19. The number of ether oxygens (including phenoxy) is 1. The molecule has 2 fully saturated rings. The van der Waals surface area contributed by atoms with Crippen molar-refractivity contribution in [1.29, 1.82) is 0 Å². The van der Waals surface area contributed by atoms with Crippen LogP contribution in [0.2, 0.25) is 0 Å². The maximum Gasteiger partial charge on any atom is 0.121 e. The molecule has 0 spiro atoms. The van der Waals surface area contributed by atoms with Gasteiger partial charge in [-0.1, -0.05) is 0 Å². The number of aryl methyl sites for hydroxylation is 1. The molecule has 1 aromatic carbocycles. The molecular formula is C18H22N2O. The quantitative estimate of drug-likeness (QED) is 0.849. The zero-order chi connectivity index (χ0) is 14.2. The monoisotopic (exact) mass is 282 g/mol. The number of benzene rings is 1. The maximum absolute atomic E-state index is 5.89. The number of fused-ring (bicyclic) bond motifs is 1. The van der Waals surface area contributed by atoms with Crippen molar-refractivity contribution in [3.63, 3.8) is 0 Å². The third kappa shape index (κ3) is 2.69. The predicted molar refractivity (Wildman–Crippen MR) is 86.1 cm³/mol. The number of hydrogen-bond donors (Lipinski definition) is 0. The molecule has 2 aromatic rings. The van der Waals surface area contributed by atoms with Gasteiger partial charge in [-0.15, -0.1) is 0 Å². The largest absolute Gasteiger partial charge is 0.493 e. The lowest BCUT2D eigenvalue weighted by atomic mass is 10.1. The molecule has 2 heterocycles. The molecule has 0 amide bonds. The second-order valence-electron chi connectivity index (χ2n) is 6.41. The SMILES string of the molecule is Cc1cc(N2CCCC2)c2ccc(OCC3CC3)cc2n1.